The largest absolute Gasteiger partial charge is 0.383 e. The van der Waals surface area contributed by atoms with Crippen molar-refractivity contribution in [3.8, 4) is 10.6 Å². The Morgan fingerprint density at radius 1 is 1.32 bits per heavy atom. The van der Waals surface area contributed by atoms with Crippen LogP contribution < -0.4 is 0 Å². The summed E-state index contributed by atoms with van der Waals surface area (Å²) in [6, 6.07) is 10.2. The Labute approximate surface area is 124 Å². The van der Waals surface area contributed by atoms with Crippen molar-refractivity contribution >= 4 is 31.9 Å². The van der Waals surface area contributed by atoms with Crippen LogP contribution in [0.1, 0.15) is 23.9 Å². The first kappa shape index (κ1) is 12.8. The lowest BCUT2D eigenvalue weighted by atomic mass is 10.0. The van der Waals surface area contributed by atoms with Gasteiger partial charge in [-0.3, -0.25) is 0 Å². The number of nitrogens with zero attached hydrogens (tertiary/aromatic N) is 2. The SMILES string of the molecule is Cc1nc(-c2ccccc2)sc1[C@@]1(C)CC(Br)=NO1. The summed E-state index contributed by atoms with van der Waals surface area (Å²) in [6.45, 7) is 4.08. The standard InChI is InChI=1S/C14H13BrN2OS/c1-9-12(14(2)8-11(15)17-18-14)19-13(16-9)10-6-4-3-5-7-10/h3-7H,8H2,1-2H3/t14-/m1/s1. The summed E-state index contributed by atoms with van der Waals surface area (Å²) in [4.78, 5) is 11.4. The number of benzene rings is 1. The predicted octanol–water partition coefficient (Wildman–Crippen LogP) is 4.46. The van der Waals surface area contributed by atoms with E-state index in [1.165, 1.54) is 0 Å². The van der Waals surface area contributed by atoms with Crippen molar-refractivity contribution in [2.75, 3.05) is 0 Å². The molecule has 0 aliphatic carbocycles. The van der Waals surface area contributed by atoms with Crippen molar-refractivity contribution < 1.29 is 4.84 Å². The predicted molar refractivity (Wildman–Crippen MR) is 81.7 cm³/mol. The second kappa shape index (κ2) is 4.72. The van der Waals surface area contributed by atoms with E-state index in [0.29, 0.717) is 0 Å². The van der Waals surface area contributed by atoms with Gasteiger partial charge in [0.05, 0.1) is 10.6 Å². The van der Waals surface area contributed by atoms with E-state index in [4.69, 9.17) is 4.84 Å². The van der Waals surface area contributed by atoms with Gasteiger partial charge in [0.25, 0.3) is 0 Å². The molecule has 3 nitrogen and oxygen atoms in total. The molecule has 0 spiro atoms. The van der Waals surface area contributed by atoms with Gasteiger partial charge >= 0.3 is 0 Å². The van der Waals surface area contributed by atoms with Crippen LogP contribution in [0.4, 0.5) is 0 Å². The topological polar surface area (TPSA) is 34.5 Å². The molecule has 0 saturated carbocycles. The Kier molecular flexibility index (Phi) is 3.19. The van der Waals surface area contributed by atoms with Crippen LogP contribution in [0.25, 0.3) is 10.6 Å². The molecule has 2 aromatic rings. The average molecular weight is 337 g/mol. The molecule has 19 heavy (non-hydrogen) atoms. The van der Waals surface area contributed by atoms with Gasteiger partial charge in [-0.25, -0.2) is 4.98 Å². The normalized spacial score (nSPS) is 22.2. The Balaban J connectivity index is 1.99. The summed E-state index contributed by atoms with van der Waals surface area (Å²) in [7, 11) is 0. The Bertz CT molecular complexity index is 638. The lowest BCUT2D eigenvalue weighted by molar-refractivity contribution is -0.00507. The summed E-state index contributed by atoms with van der Waals surface area (Å²) in [6.07, 6.45) is 0.754. The second-order valence-corrected chi connectivity index (χ2v) is 6.68. The minimum atomic E-state index is -0.395. The third-order valence-electron chi connectivity index (χ3n) is 3.13. The lowest BCUT2D eigenvalue weighted by Crippen LogP contribution is -2.20. The smallest absolute Gasteiger partial charge is 0.177 e. The van der Waals surface area contributed by atoms with Crippen LogP contribution in [0.15, 0.2) is 35.5 Å². The van der Waals surface area contributed by atoms with Crippen LogP contribution in [0.3, 0.4) is 0 Å². The van der Waals surface area contributed by atoms with E-state index in [9.17, 15) is 0 Å². The number of aryl methyl sites for hydroxylation is 1. The summed E-state index contributed by atoms with van der Waals surface area (Å²) in [5.74, 6) is 0. The van der Waals surface area contributed by atoms with E-state index < -0.39 is 5.60 Å². The fourth-order valence-corrected chi connectivity index (χ4v) is 3.96. The first-order chi connectivity index (χ1) is 9.08. The van der Waals surface area contributed by atoms with Gasteiger partial charge in [-0.05, 0) is 29.8 Å². The fourth-order valence-electron chi connectivity index (χ4n) is 2.21. The Morgan fingerprint density at radius 2 is 2.05 bits per heavy atom. The molecule has 0 saturated heterocycles. The van der Waals surface area contributed by atoms with Crippen molar-refractivity contribution in [2.24, 2.45) is 5.16 Å². The van der Waals surface area contributed by atoms with Gasteiger partial charge in [-0.15, -0.1) is 11.3 Å². The number of aromatic nitrogens is 1. The zero-order chi connectivity index (χ0) is 13.5. The zero-order valence-electron chi connectivity index (χ0n) is 10.7. The Hall–Kier alpha value is -1.20. The molecule has 0 bridgehead atoms. The number of oxime groups is 1. The van der Waals surface area contributed by atoms with Crippen LogP contribution in [0, 0.1) is 6.92 Å². The molecule has 1 aromatic carbocycles. The maximum atomic E-state index is 5.58. The number of thiazole rings is 1. The third kappa shape index (κ3) is 2.32. The minimum Gasteiger partial charge on any atom is -0.383 e. The minimum absolute atomic E-state index is 0.395. The molecule has 2 heterocycles. The maximum absolute atomic E-state index is 5.58. The maximum Gasteiger partial charge on any atom is 0.177 e. The van der Waals surface area contributed by atoms with Crippen molar-refractivity contribution in [1.82, 2.24) is 4.98 Å². The third-order valence-corrected chi connectivity index (χ3v) is 5.00. The van der Waals surface area contributed by atoms with Crippen LogP contribution in [-0.2, 0) is 10.4 Å². The van der Waals surface area contributed by atoms with Crippen LogP contribution in [-0.4, -0.2) is 9.60 Å². The molecule has 0 radical (unpaired) electrons. The van der Waals surface area contributed by atoms with Crippen LogP contribution >= 0.6 is 27.3 Å². The van der Waals surface area contributed by atoms with Gasteiger partial charge in [0.2, 0.25) is 0 Å². The number of hydrogen-bond donors (Lipinski definition) is 0. The summed E-state index contributed by atoms with van der Waals surface area (Å²) in [5.41, 5.74) is 1.76. The molecule has 0 fully saturated rings. The van der Waals surface area contributed by atoms with E-state index in [0.717, 1.165) is 32.2 Å². The first-order valence-electron chi connectivity index (χ1n) is 6.02. The van der Waals surface area contributed by atoms with Crippen molar-refractivity contribution in [3.63, 3.8) is 0 Å². The summed E-state index contributed by atoms with van der Waals surface area (Å²) in [5, 5.41) is 5.03. The molecule has 5 heteroatoms. The van der Waals surface area contributed by atoms with Gasteiger partial charge in [0, 0.05) is 12.0 Å². The molecular weight excluding hydrogens is 324 g/mol. The highest BCUT2D eigenvalue weighted by molar-refractivity contribution is 9.18. The van der Waals surface area contributed by atoms with E-state index in [-0.39, 0.29) is 0 Å². The average Bonchev–Trinajstić information content (AvgIpc) is 2.95. The molecular formula is C14H13BrN2OS. The van der Waals surface area contributed by atoms with Crippen LogP contribution in [0.2, 0.25) is 0 Å². The monoisotopic (exact) mass is 336 g/mol. The number of rotatable bonds is 2. The van der Waals surface area contributed by atoms with Gasteiger partial charge in [0.15, 0.2) is 5.60 Å². The van der Waals surface area contributed by atoms with Gasteiger partial charge in [-0.1, -0.05) is 35.5 Å². The van der Waals surface area contributed by atoms with E-state index >= 15 is 0 Å². The molecule has 0 N–H and O–H groups in total. The zero-order valence-corrected chi connectivity index (χ0v) is 13.1. The first-order valence-corrected chi connectivity index (χ1v) is 7.63. The molecule has 1 aromatic heterocycles. The molecule has 0 amide bonds. The Morgan fingerprint density at radius 3 is 2.68 bits per heavy atom. The van der Waals surface area contributed by atoms with Crippen molar-refractivity contribution in [3.05, 3.63) is 40.9 Å². The van der Waals surface area contributed by atoms with Crippen molar-refractivity contribution in [2.45, 2.75) is 25.9 Å². The van der Waals surface area contributed by atoms with Gasteiger partial charge < -0.3 is 4.84 Å². The number of halogens is 1. The lowest BCUT2D eigenvalue weighted by Gasteiger charge is -2.19. The van der Waals surface area contributed by atoms with E-state index in [1.54, 1.807) is 11.3 Å². The highest BCUT2D eigenvalue weighted by Gasteiger charge is 2.39. The van der Waals surface area contributed by atoms with Crippen LogP contribution in [0.5, 0.6) is 0 Å². The fraction of sp³-hybridized carbons (Fsp3) is 0.286. The molecule has 1 atom stereocenters. The second-order valence-electron chi connectivity index (χ2n) is 4.77. The highest BCUT2D eigenvalue weighted by atomic mass is 79.9. The highest BCUT2D eigenvalue weighted by Crippen LogP contribution is 2.42. The summed E-state index contributed by atoms with van der Waals surface area (Å²) >= 11 is 5.08. The quantitative estimate of drug-likeness (QED) is 0.811. The van der Waals surface area contributed by atoms with Crippen molar-refractivity contribution in [1.29, 1.82) is 0 Å². The summed E-state index contributed by atoms with van der Waals surface area (Å²) < 4.78 is 0.851. The number of hydrogen-bond acceptors (Lipinski definition) is 4. The molecule has 3 rings (SSSR count). The molecule has 1 aliphatic heterocycles. The van der Waals surface area contributed by atoms with Gasteiger partial charge in [-0.2, -0.15) is 0 Å². The molecule has 98 valence electrons. The molecule has 1 aliphatic rings. The van der Waals surface area contributed by atoms with Gasteiger partial charge in [0.1, 0.15) is 9.63 Å². The van der Waals surface area contributed by atoms with E-state index in [2.05, 4.69) is 45.1 Å². The van der Waals surface area contributed by atoms with E-state index in [1.807, 2.05) is 25.1 Å². The molecule has 0 unspecified atom stereocenters.